The van der Waals surface area contributed by atoms with E-state index in [9.17, 15) is 13.9 Å². The Morgan fingerprint density at radius 2 is 2.26 bits per heavy atom. The van der Waals surface area contributed by atoms with Gasteiger partial charge in [-0.05, 0) is 37.6 Å². The van der Waals surface area contributed by atoms with Crippen LogP contribution in [0.3, 0.4) is 0 Å². The first-order valence-corrected chi connectivity index (χ1v) is 6.97. The smallest absolute Gasteiger partial charge is 0.387 e. The number of halogens is 3. The van der Waals surface area contributed by atoms with Crippen LogP contribution >= 0.6 is 15.9 Å². The molecule has 1 aliphatic rings. The second kappa shape index (κ2) is 6.63. The summed E-state index contributed by atoms with van der Waals surface area (Å²) in [6.45, 7) is -1.36. The average molecular weight is 336 g/mol. The lowest BCUT2D eigenvalue weighted by Gasteiger charge is -2.24. The van der Waals surface area contributed by atoms with E-state index < -0.39 is 6.61 Å². The summed E-state index contributed by atoms with van der Waals surface area (Å²) < 4.78 is 30.1. The fourth-order valence-electron chi connectivity index (χ4n) is 2.41. The lowest BCUT2D eigenvalue weighted by Crippen LogP contribution is -2.31. The van der Waals surface area contributed by atoms with Gasteiger partial charge in [0.25, 0.3) is 0 Å². The Kier molecular flexibility index (Phi) is 5.13. The van der Waals surface area contributed by atoms with Gasteiger partial charge in [-0.1, -0.05) is 15.9 Å². The fourth-order valence-corrected chi connectivity index (χ4v) is 2.82. The maximum absolute atomic E-state index is 12.4. The van der Waals surface area contributed by atoms with Crippen LogP contribution in [0.5, 0.6) is 5.75 Å². The van der Waals surface area contributed by atoms with Crippen LogP contribution in [-0.4, -0.2) is 35.8 Å². The Balaban J connectivity index is 2.15. The summed E-state index contributed by atoms with van der Waals surface area (Å²) >= 11 is 3.33. The molecule has 1 heterocycles. The number of aliphatic hydroxyl groups is 1. The second-order valence-electron chi connectivity index (χ2n) is 4.58. The molecular formula is C13H16BrF2NO2. The number of hydrogen-bond acceptors (Lipinski definition) is 3. The first-order valence-electron chi connectivity index (χ1n) is 6.18. The lowest BCUT2D eigenvalue weighted by atomic mass is 10.1. The molecule has 0 saturated carbocycles. The average Bonchev–Trinajstić information content (AvgIpc) is 2.79. The largest absolute Gasteiger partial charge is 0.434 e. The van der Waals surface area contributed by atoms with Gasteiger partial charge in [0.05, 0.1) is 6.61 Å². The zero-order valence-corrected chi connectivity index (χ0v) is 11.9. The van der Waals surface area contributed by atoms with Crippen molar-refractivity contribution in [2.24, 2.45) is 0 Å². The van der Waals surface area contributed by atoms with Crippen LogP contribution in [0.1, 0.15) is 18.4 Å². The molecule has 1 aliphatic heterocycles. The van der Waals surface area contributed by atoms with Crippen molar-refractivity contribution < 1.29 is 18.6 Å². The monoisotopic (exact) mass is 335 g/mol. The number of ether oxygens (including phenoxy) is 1. The lowest BCUT2D eigenvalue weighted by molar-refractivity contribution is -0.0508. The molecule has 0 bridgehead atoms. The quantitative estimate of drug-likeness (QED) is 0.897. The minimum absolute atomic E-state index is 0.0963. The van der Waals surface area contributed by atoms with Gasteiger partial charge in [0.2, 0.25) is 0 Å². The molecule has 0 aromatic heterocycles. The predicted octanol–water partition coefficient (Wildman–Crippen LogP) is 3.01. The summed E-state index contributed by atoms with van der Waals surface area (Å²) in [6, 6.07) is 5.10. The highest BCUT2D eigenvalue weighted by Crippen LogP contribution is 2.28. The van der Waals surface area contributed by atoms with Gasteiger partial charge in [-0.25, -0.2) is 0 Å². The van der Waals surface area contributed by atoms with E-state index in [0.29, 0.717) is 12.1 Å². The van der Waals surface area contributed by atoms with E-state index in [1.54, 1.807) is 12.1 Å². The summed E-state index contributed by atoms with van der Waals surface area (Å²) in [5, 5.41) is 9.28. The summed E-state index contributed by atoms with van der Waals surface area (Å²) in [5.41, 5.74) is 0.704. The molecule has 106 valence electrons. The Hall–Kier alpha value is -0.720. The topological polar surface area (TPSA) is 32.7 Å². The standard InChI is InChI=1S/C13H16BrF2NO2/c14-10-3-4-12(19-13(15)16)9(6-10)7-17-5-1-2-11(17)8-18/h3-4,6,11,13,18H,1-2,5,7-8H2/t11-/m1/s1. The molecule has 1 saturated heterocycles. The molecule has 0 aliphatic carbocycles. The van der Waals surface area contributed by atoms with E-state index in [2.05, 4.69) is 25.6 Å². The number of aliphatic hydroxyl groups excluding tert-OH is 1. The molecule has 2 rings (SSSR count). The van der Waals surface area contributed by atoms with Gasteiger partial charge in [-0.2, -0.15) is 8.78 Å². The van der Waals surface area contributed by atoms with Crippen LogP contribution in [0.15, 0.2) is 22.7 Å². The van der Waals surface area contributed by atoms with Crippen molar-refractivity contribution in [1.82, 2.24) is 4.90 Å². The van der Waals surface area contributed by atoms with Crippen LogP contribution in [-0.2, 0) is 6.54 Å². The molecule has 1 atom stereocenters. The Morgan fingerprint density at radius 3 is 2.95 bits per heavy atom. The van der Waals surface area contributed by atoms with E-state index in [1.165, 1.54) is 6.07 Å². The summed E-state index contributed by atoms with van der Waals surface area (Å²) in [7, 11) is 0. The number of likely N-dealkylation sites (tertiary alicyclic amines) is 1. The molecule has 3 nitrogen and oxygen atoms in total. The van der Waals surface area contributed by atoms with Gasteiger partial charge in [-0.3, -0.25) is 4.90 Å². The van der Waals surface area contributed by atoms with Crippen LogP contribution in [0.25, 0.3) is 0 Å². The molecule has 6 heteroatoms. The number of alkyl halides is 2. The molecule has 0 amide bonds. The normalized spacial score (nSPS) is 20.2. The summed E-state index contributed by atoms with van der Waals surface area (Å²) in [4.78, 5) is 2.10. The first-order chi connectivity index (χ1) is 9.10. The molecule has 1 aromatic rings. The van der Waals surface area contributed by atoms with E-state index in [-0.39, 0.29) is 18.4 Å². The molecule has 1 N–H and O–H groups in total. The zero-order valence-electron chi connectivity index (χ0n) is 10.4. The molecule has 1 fully saturated rings. The number of nitrogens with zero attached hydrogens (tertiary/aromatic N) is 1. The van der Waals surface area contributed by atoms with Crippen molar-refractivity contribution in [2.45, 2.75) is 32.0 Å². The van der Waals surface area contributed by atoms with Crippen molar-refractivity contribution in [3.8, 4) is 5.75 Å². The fraction of sp³-hybridized carbons (Fsp3) is 0.538. The van der Waals surface area contributed by atoms with E-state index >= 15 is 0 Å². The van der Waals surface area contributed by atoms with Crippen LogP contribution < -0.4 is 4.74 Å². The molecular weight excluding hydrogens is 320 g/mol. The third kappa shape index (κ3) is 3.87. The van der Waals surface area contributed by atoms with Crippen molar-refractivity contribution >= 4 is 15.9 Å². The minimum atomic E-state index is -2.83. The molecule has 1 aromatic carbocycles. The maximum Gasteiger partial charge on any atom is 0.387 e. The summed E-state index contributed by atoms with van der Waals surface area (Å²) in [5.74, 6) is 0.196. The van der Waals surface area contributed by atoms with E-state index in [4.69, 9.17) is 0 Å². The first kappa shape index (κ1) is 14.7. The van der Waals surface area contributed by atoms with Gasteiger partial charge >= 0.3 is 6.61 Å². The van der Waals surface area contributed by atoms with Crippen molar-refractivity contribution in [3.63, 3.8) is 0 Å². The SMILES string of the molecule is OC[C@H]1CCCN1Cc1cc(Br)ccc1OC(F)F. The van der Waals surface area contributed by atoms with Crippen LogP contribution in [0.4, 0.5) is 8.78 Å². The maximum atomic E-state index is 12.4. The highest BCUT2D eigenvalue weighted by Gasteiger charge is 2.25. The van der Waals surface area contributed by atoms with Gasteiger partial charge in [0.15, 0.2) is 0 Å². The van der Waals surface area contributed by atoms with E-state index in [0.717, 1.165) is 23.9 Å². The number of rotatable bonds is 5. The van der Waals surface area contributed by atoms with Crippen LogP contribution in [0, 0.1) is 0 Å². The van der Waals surface area contributed by atoms with Gasteiger partial charge in [0.1, 0.15) is 5.75 Å². The predicted molar refractivity (Wildman–Crippen MR) is 71.3 cm³/mol. The highest BCUT2D eigenvalue weighted by atomic mass is 79.9. The third-order valence-corrected chi connectivity index (χ3v) is 3.82. The Bertz CT molecular complexity index is 431. The van der Waals surface area contributed by atoms with Gasteiger partial charge in [-0.15, -0.1) is 0 Å². The minimum Gasteiger partial charge on any atom is -0.434 e. The van der Waals surface area contributed by atoms with Crippen LogP contribution in [0.2, 0.25) is 0 Å². The molecule has 0 radical (unpaired) electrons. The molecule has 0 unspecified atom stereocenters. The van der Waals surface area contributed by atoms with Gasteiger partial charge < -0.3 is 9.84 Å². The Morgan fingerprint density at radius 1 is 1.47 bits per heavy atom. The van der Waals surface area contributed by atoms with Crippen molar-refractivity contribution in [1.29, 1.82) is 0 Å². The molecule has 19 heavy (non-hydrogen) atoms. The summed E-state index contributed by atoms with van der Waals surface area (Å²) in [6.07, 6.45) is 1.96. The number of hydrogen-bond donors (Lipinski definition) is 1. The number of benzene rings is 1. The highest BCUT2D eigenvalue weighted by molar-refractivity contribution is 9.10. The molecule has 0 spiro atoms. The third-order valence-electron chi connectivity index (χ3n) is 3.32. The Labute approximate surface area is 119 Å². The van der Waals surface area contributed by atoms with Gasteiger partial charge in [0, 0.05) is 22.6 Å². The second-order valence-corrected chi connectivity index (χ2v) is 5.50. The van der Waals surface area contributed by atoms with Crippen molar-refractivity contribution in [3.05, 3.63) is 28.2 Å². The van der Waals surface area contributed by atoms with E-state index in [1.807, 2.05) is 0 Å². The zero-order chi connectivity index (χ0) is 13.8. The van der Waals surface area contributed by atoms with Crippen molar-refractivity contribution in [2.75, 3.05) is 13.2 Å².